The number of furan rings is 1. The molecule has 274 valence electrons. The normalized spacial score (nSPS) is 14.3. The Bertz CT molecular complexity index is 3220. The molecule has 9 aromatic carbocycles. The maximum absolute atomic E-state index is 7.13. The first-order valence-electron chi connectivity index (χ1n) is 20.3. The van der Waals surface area contributed by atoms with E-state index in [1.807, 2.05) is 0 Å². The molecule has 12 rings (SSSR count). The molecule has 2 aliphatic rings. The molecule has 0 saturated heterocycles. The molecule has 0 atom stereocenters. The van der Waals surface area contributed by atoms with Crippen LogP contribution in [-0.4, -0.2) is 0 Å². The van der Waals surface area contributed by atoms with Crippen LogP contribution in [0.15, 0.2) is 205 Å². The lowest BCUT2D eigenvalue weighted by molar-refractivity contribution is 0.660. The molecule has 58 heavy (non-hydrogen) atoms. The van der Waals surface area contributed by atoms with E-state index in [0.717, 1.165) is 44.4 Å². The van der Waals surface area contributed by atoms with Crippen molar-refractivity contribution in [3.63, 3.8) is 0 Å². The van der Waals surface area contributed by atoms with Gasteiger partial charge in [0.2, 0.25) is 0 Å². The van der Waals surface area contributed by atoms with E-state index in [1.54, 1.807) is 0 Å². The van der Waals surface area contributed by atoms with Crippen molar-refractivity contribution in [3.05, 3.63) is 234 Å². The second-order valence-electron chi connectivity index (χ2n) is 16.4. The van der Waals surface area contributed by atoms with Crippen LogP contribution in [0.1, 0.15) is 47.2 Å². The van der Waals surface area contributed by atoms with Crippen molar-refractivity contribution in [2.45, 2.75) is 24.7 Å². The van der Waals surface area contributed by atoms with E-state index in [4.69, 9.17) is 4.42 Å². The van der Waals surface area contributed by atoms with Gasteiger partial charge in [-0.25, -0.2) is 0 Å². The van der Waals surface area contributed by atoms with Gasteiger partial charge >= 0.3 is 0 Å². The summed E-state index contributed by atoms with van der Waals surface area (Å²) in [4.78, 5) is 2.47. The standard InChI is InChI=1S/C56H39NO/c1-55(2)46-26-13-11-23-41(46)45-35-39(32-34-47(45)55)57(51-30-15-25-42-43-33-31-36-17-9-10-22-40(36)53(43)58-54(42)51)50-29-16-28-49-52(50)44-24-12-14-27-48(44)56(49,37-18-5-3-6-19-37)38-20-7-4-8-21-38/h3-35H,1-2H3. The second-order valence-corrected chi connectivity index (χ2v) is 16.4. The van der Waals surface area contributed by atoms with E-state index in [1.165, 1.54) is 61.0 Å². The minimum Gasteiger partial charge on any atom is -0.453 e. The molecule has 0 amide bonds. The Kier molecular flexibility index (Phi) is 6.93. The summed E-state index contributed by atoms with van der Waals surface area (Å²) in [6.45, 7) is 4.70. The highest BCUT2D eigenvalue weighted by molar-refractivity contribution is 6.18. The van der Waals surface area contributed by atoms with Crippen LogP contribution in [0.4, 0.5) is 17.1 Å². The van der Waals surface area contributed by atoms with E-state index in [9.17, 15) is 0 Å². The molecule has 0 spiro atoms. The first kappa shape index (κ1) is 33.0. The highest BCUT2D eigenvalue weighted by Crippen LogP contribution is 2.60. The number of anilines is 3. The zero-order valence-electron chi connectivity index (χ0n) is 32.4. The molecule has 10 aromatic rings. The monoisotopic (exact) mass is 741 g/mol. The number of rotatable bonds is 5. The molecular formula is C56H39NO. The topological polar surface area (TPSA) is 16.4 Å². The molecule has 0 N–H and O–H groups in total. The number of hydrogen-bond donors (Lipinski definition) is 0. The van der Waals surface area contributed by atoms with Crippen LogP contribution in [0.2, 0.25) is 0 Å². The third-order valence-electron chi connectivity index (χ3n) is 13.1. The van der Waals surface area contributed by atoms with Crippen molar-refractivity contribution in [2.24, 2.45) is 0 Å². The van der Waals surface area contributed by atoms with Gasteiger partial charge in [0.15, 0.2) is 5.58 Å². The van der Waals surface area contributed by atoms with E-state index in [2.05, 4.69) is 219 Å². The van der Waals surface area contributed by atoms with Crippen molar-refractivity contribution in [1.82, 2.24) is 0 Å². The highest BCUT2D eigenvalue weighted by atomic mass is 16.3. The number of nitrogens with zero attached hydrogens (tertiary/aromatic N) is 1. The van der Waals surface area contributed by atoms with Crippen molar-refractivity contribution in [1.29, 1.82) is 0 Å². The van der Waals surface area contributed by atoms with Gasteiger partial charge in [-0.3, -0.25) is 0 Å². The van der Waals surface area contributed by atoms with Crippen LogP contribution in [0.3, 0.4) is 0 Å². The lowest BCUT2D eigenvalue weighted by atomic mass is 9.68. The van der Waals surface area contributed by atoms with Crippen molar-refractivity contribution in [3.8, 4) is 22.3 Å². The van der Waals surface area contributed by atoms with Crippen LogP contribution in [0, 0.1) is 0 Å². The summed E-state index contributed by atoms with van der Waals surface area (Å²) >= 11 is 0. The van der Waals surface area contributed by atoms with E-state index < -0.39 is 5.41 Å². The van der Waals surface area contributed by atoms with Crippen molar-refractivity contribution in [2.75, 3.05) is 4.90 Å². The zero-order chi connectivity index (χ0) is 38.6. The summed E-state index contributed by atoms with van der Waals surface area (Å²) in [5, 5.41) is 4.51. The molecule has 2 aliphatic carbocycles. The third kappa shape index (κ3) is 4.38. The number of fused-ring (bicyclic) bond motifs is 11. The molecular weight excluding hydrogens is 703 g/mol. The molecule has 0 aliphatic heterocycles. The fraction of sp³-hybridized carbons (Fsp3) is 0.0714. The van der Waals surface area contributed by atoms with Crippen LogP contribution in [-0.2, 0) is 10.8 Å². The Morgan fingerprint density at radius 2 is 0.983 bits per heavy atom. The van der Waals surface area contributed by atoms with Gasteiger partial charge in [-0.15, -0.1) is 0 Å². The molecule has 1 heterocycles. The highest BCUT2D eigenvalue weighted by Gasteiger charge is 2.47. The van der Waals surface area contributed by atoms with Gasteiger partial charge in [-0.1, -0.05) is 184 Å². The molecule has 0 unspecified atom stereocenters. The summed E-state index contributed by atoms with van der Waals surface area (Å²) < 4.78 is 7.13. The molecule has 2 heteroatoms. The lowest BCUT2D eigenvalue weighted by Crippen LogP contribution is -2.28. The fourth-order valence-electron chi connectivity index (χ4n) is 10.6. The van der Waals surface area contributed by atoms with Crippen LogP contribution >= 0.6 is 0 Å². The number of para-hydroxylation sites is 1. The summed E-state index contributed by atoms with van der Waals surface area (Å²) in [6, 6.07) is 73.7. The van der Waals surface area contributed by atoms with Crippen molar-refractivity contribution >= 4 is 49.8 Å². The average Bonchev–Trinajstić information content (AvgIpc) is 3.89. The van der Waals surface area contributed by atoms with Gasteiger partial charge in [0, 0.05) is 32.8 Å². The van der Waals surface area contributed by atoms with Gasteiger partial charge < -0.3 is 9.32 Å². The van der Waals surface area contributed by atoms with Crippen LogP contribution in [0.25, 0.3) is 55.0 Å². The summed E-state index contributed by atoms with van der Waals surface area (Å²) in [5.41, 5.74) is 17.2. The van der Waals surface area contributed by atoms with Crippen molar-refractivity contribution < 1.29 is 4.42 Å². The van der Waals surface area contributed by atoms with Gasteiger partial charge in [-0.2, -0.15) is 0 Å². The SMILES string of the molecule is CC1(C)c2ccccc2-c2cc(N(c3cccc4c3-c3ccccc3C4(c3ccccc3)c3ccccc3)c3cccc4c3oc3c5ccccc5ccc43)ccc21. The third-order valence-corrected chi connectivity index (χ3v) is 13.1. The predicted molar refractivity (Wildman–Crippen MR) is 241 cm³/mol. The quantitative estimate of drug-likeness (QED) is 0.175. The van der Waals surface area contributed by atoms with E-state index in [0.29, 0.717) is 0 Å². The fourth-order valence-corrected chi connectivity index (χ4v) is 10.6. The van der Waals surface area contributed by atoms with Crippen LogP contribution in [0.5, 0.6) is 0 Å². The van der Waals surface area contributed by atoms with Gasteiger partial charge in [0.1, 0.15) is 5.58 Å². The average molecular weight is 742 g/mol. The predicted octanol–water partition coefficient (Wildman–Crippen LogP) is 14.9. The Labute approximate surface area is 338 Å². The largest absolute Gasteiger partial charge is 0.453 e. The smallest absolute Gasteiger partial charge is 0.159 e. The number of benzene rings is 9. The maximum Gasteiger partial charge on any atom is 0.159 e. The molecule has 0 bridgehead atoms. The Morgan fingerprint density at radius 3 is 1.78 bits per heavy atom. The first-order valence-corrected chi connectivity index (χ1v) is 20.3. The summed E-state index contributed by atoms with van der Waals surface area (Å²) in [7, 11) is 0. The molecule has 2 nitrogen and oxygen atoms in total. The summed E-state index contributed by atoms with van der Waals surface area (Å²) in [6.07, 6.45) is 0. The molecule has 0 radical (unpaired) electrons. The van der Waals surface area contributed by atoms with E-state index >= 15 is 0 Å². The van der Waals surface area contributed by atoms with E-state index in [-0.39, 0.29) is 5.41 Å². The second kappa shape index (κ2) is 12.2. The first-order chi connectivity index (χ1) is 28.5. The zero-order valence-corrected chi connectivity index (χ0v) is 32.4. The maximum atomic E-state index is 7.13. The Hall–Kier alpha value is -7.16. The minimum absolute atomic E-state index is 0.104. The molecule has 0 fully saturated rings. The van der Waals surface area contributed by atoms with Gasteiger partial charge in [0.05, 0.1) is 16.8 Å². The summed E-state index contributed by atoms with van der Waals surface area (Å²) in [5.74, 6) is 0. The Balaban J connectivity index is 1.20. The van der Waals surface area contributed by atoms with Gasteiger partial charge in [-0.05, 0) is 85.8 Å². The molecule has 1 aromatic heterocycles. The minimum atomic E-state index is -0.526. The molecule has 0 saturated carbocycles. The van der Waals surface area contributed by atoms with Crippen LogP contribution < -0.4 is 4.90 Å². The Morgan fingerprint density at radius 1 is 0.397 bits per heavy atom. The number of hydrogen-bond acceptors (Lipinski definition) is 2. The van der Waals surface area contributed by atoms with Gasteiger partial charge in [0.25, 0.3) is 0 Å². The lowest BCUT2D eigenvalue weighted by Gasteiger charge is -2.34.